The van der Waals surface area contributed by atoms with Gasteiger partial charge in [-0.2, -0.15) is 0 Å². The minimum absolute atomic E-state index is 0.0293. The molecule has 120 valence electrons. The molecule has 0 aliphatic heterocycles. The average molecular weight is 316 g/mol. The molecule has 0 atom stereocenters. The summed E-state index contributed by atoms with van der Waals surface area (Å²) in [6, 6.07) is 10.9. The molecule has 4 nitrogen and oxygen atoms in total. The Morgan fingerprint density at radius 2 is 1.91 bits per heavy atom. The number of Topliss-reactive ketones (excluding diaryl/α,β-unsaturated/α-hetero) is 1. The number of ether oxygens (including phenoxy) is 2. The molecule has 0 amide bonds. The van der Waals surface area contributed by atoms with Crippen LogP contribution in [0.4, 0.5) is 4.39 Å². The molecule has 23 heavy (non-hydrogen) atoms. The van der Waals surface area contributed by atoms with Gasteiger partial charge in [0.2, 0.25) is 0 Å². The maximum atomic E-state index is 13.7. The van der Waals surface area contributed by atoms with E-state index in [1.54, 1.807) is 31.2 Å². The smallest absolute Gasteiger partial charge is 0.338 e. The Balaban J connectivity index is 2.06. The molecule has 0 heterocycles. The fourth-order valence-electron chi connectivity index (χ4n) is 2.04. The maximum absolute atomic E-state index is 13.7. The average Bonchev–Trinajstić information content (AvgIpc) is 2.53. The van der Waals surface area contributed by atoms with Crippen molar-refractivity contribution >= 4 is 11.8 Å². The number of hydrogen-bond acceptors (Lipinski definition) is 4. The largest absolute Gasteiger partial charge is 0.489 e. The van der Waals surface area contributed by atoms with Gasteiger partial charge in [0, 0.05) is 6.07 Å². The molecule has 0 bridgehead atoms. The van der Waals surface area contributed by atoms with Crippen molar-refractivity contribution in [2.45, 2.75) is 20.5 Å². The molecule has 0 aliphatic carbocycles. The lowest BCUT2D eigenvalue weighted by Crippen LogP contribution is -2.06. The Kier molecular flexibility index (Phi) is 5.46. The predicted octanol–water partition coefficient (Wildman–Crippen LogP) is 3.78. The molecule has 2 aromatic carbocycles. The number of hydrogen-bond donors (Lipinski definition) is 0. The van der Waals surface area contributed by atoms with E-state index in [1.807, 2.05) is 0 Å². The lowest BCUT2D eigenvalue weighted by atomic mass is 10.1. The lowest BCUT2D eigenvalue weighted by Gasteiger charge is -2.09. The van der Waals surface area contributed by atoms with E-state index >= 15 is 0 Å². The van der Waals surface area contributed by atoms with E-state index in [2.05, 4.69) is 0 Å². The third-order valence-corrected chi connectivity index (χ3v) is 3.16. The Hall–Kier alpha value is -2.69. The van der Waals surface area contributed by atoms with Crippen LogP contribution in [0.5, 0.6) is 5.75 Å². The van der Waals surface area contributed by atoms with Crippen LogP contribution in [0.1, 0.15) is 40.1 Å². The minimum atomic E-state index is -0.615. The van der Waals surface area contributed by atoms with Crippen LogP contribution in [-0.2, 0) is 11.3 Å². The molecule has 5 heteroatoms. The molecule has 0 N–H and O–H groups in total. The van der Waals surface area contributed by atoms with Crippen LogP contribution in [-0.4, -0.2) is 18.4 Å². The van der Waals surface area contributed by atoms with Crippen LogP contribution < -0.4 is 4.74 Å². The van der Waals surface area contributed by atoms with E-state index in [9.17, 15) is 14.0 Å². The number of benzene rings is 2. The third-order valence-electron chi connectivity index (χ3n) is 3.16. The molecule has 0 saturated heterocycles. The van der Waals surface area contributed by atoms with E-state index in [0.29, 0.717) is 17.9 Å². The summed E-state index contributed by atoms with van der Waals surface area (Å²) in [6.45, 7) is 3.53. The summed E-state index contributed by atoms with van der Waals surface area (Å²) in [6.07, 6.45) is 0. The summed E-state index contributed by atoms with van der Waals surface area (Å²) < 4.78 is 24.2. The molecular formula is C18H17FO4. The van der Waals surface area contributed by atoms with Gasteiger partial charge in [-0.25, -0.2) is 9.18 Å². The highest BCUT2D eigenvalue weighted by Gasteiger charge is 2.09. The standard InChI is InChI=1S/C18H17FO4/c1-3-22-18(21)14-6-4-5-13(9-14)11-23-15-7-8-16(12(2)20)17(19)10-15/h4-10H,3,11H2,1-2H3. The highest BCUT2D eigenvalue weighted by molar-refractivity contribution is 5.94. The van der Waals surface area contributed by atoms with Gasteiger partial charge in [0.25, 0.3) is 0 Å². The number of esters is 1. The van der Waals surface area contributed by atoms with Gasteiger partial charge in [0.15, 0.2) is 5.78 Å². The zero-order valence-corrected chi connectivity index (χ0v) is 13.0. The van der Waals surface area contributed by atoms with Crippen molar-refractivity contribution in [1.82, 2.24) is 0 Å². The summed E-state index contributed by atoms with van der Waals surface area (Å²) in [4.78, 5) is 22.9. The van der Waals surface area contributed by atoms with Gasteiger partial charge < -0.3 is 9.47 Å². The highest BCUT2D eigenvalue weighted by Crippen LogP contribution is 2.19. The molecule has 0 radical (unpaired) electrons. The number of carbonyl (C=O) groups is 2. The van der Waals surface area contributed by atoms with E-state index in [4.69, 9.17) is 9.47 Å². The van der Waals surface area contributed by atoms with Crippen molar-refractivity contribution in [3.05, 3.63) is 65.0 Å². The molecule has 0 saturated carbocycles. The number of carbonyl (C=O) groups excluding carboxylic acids is 2. The number of halogens is 1. The van der Waals surface area contributed by atoms with Gasteiger partial charge >= 0.3 is 5.97 Å². The van der Waals surface area contributed by atoms with Gasteiger partial charge in [-0.05, 0) is 43.7 Å². The number of ketones is 1. The molecule has 0 aromatic heterocycles. The summed E-state index contributed by atoms with van der Waals surface area (Å²) in [5.74, 6) is -1.04. The topological polar surface area (TPSA) is 52.6 Å². The highest BCUT2D eigenvalue weighted by atomic mass is 19.1. The molecule has 0 unspecified atom stereocenters. The van der Waals surface area contributed by atoms with Crippen LogP contribution in [0.3, 0.4) is 0 Å². The summed E-state index contributed by atoms with van der Waals surface area (Å²) in [5, 5.41) is 0. The zero-order chi connectivity index (χ0) is 16.8. The van der Waals surface area contributed by atoms with Gasteiger partial charge in [0.1, 0.15) is 18.2 Å². The van der Waals surface area contributed by atoms with Crippen molar-refractivity contribution in [2.75, 3.05) is 6.61 Å². The van der Waals surface area contributed by atoms with Crippen molar-refractivity contribution in [1.29, 1.82) is 0 Å². The van der Waals surface area contributed by atoms with Gasteiger partial charge in [0.05, 0.1) is 17.7 Å². The van der Waals surface area contributed by atoms with E-state index in [-0.39, 0.29) is 18.0 Å². The predicted molar refractivity (Wildman–Crippen MR) is 83.1 cm³/mol. The van der Waals surface area contributed by atoms with E-state index in [1.165, 1.54) is 25.1 Å². The minimum Gasteiger partial charge on any atom is -0.489 e. The normalized spacial score (nSPS) is 10.2. The second kappa shape index (κ2) is 7.54. The van der Waals surface area contributed by atoms with Crippen molar-refractivity contribution in [3.8, 4) is 5.75 Å². The first kappa shape index (κ1) is 16.7. The van der Waals surface area contributed by atoms with Gasteiger partial charge in [-0.3, -0.25) is 4.79 Å². The summed E-state index contributed by atoms with van der Waals surface area (Å²) in [5.41, 5.74) is 1.22. The summed E-state index contributed by atoms with van der Waals surface area (Å²) >= 11 is 0. The quantitative estimate of drug-likeness (QED) is 0.601. The molecule has 2 aromatic rings. The van der Waals surface area contributed by atoms with Crippen molar-refractivity contribution in [2.24, 2.45) is 0 Å². The first-order chi connectivity index (χ1) is 11.0. The number of rotatable bonds is 6. The Morgan fingerprint density at radius 3 is 2.57 bits per heavy atom. The Morgan fingerprint density at radius 1 is 1.13 bits per heavy atom. The molecule has 2 rings (SSSR count). The zero-order valence-electron chi connectivity index (χ0n) is 13.0. The second-order valence-electron chi connectivity index (χ2n) is 4.91. The Bertz CT molecular complexity index is 725. The van der Waals surface area contributed by atoms with Crippen LogP contribution in [0.25, 0.3) is 0 Å². The van der Waals surface area contributed by atoms with Gasteiger partial charge in [-0.1, -0.05) is 12.1 Å². The molecule has 0 spiro atoms. The third kappa shape index (κ3) is 4.39. The van der Waals surface area contributed by atoms with Crippen LogP contribution in [0.15, 0.2) is 42.5 Å². The van der Waals surface area contributed by atoms with E-state index in [0.717, 1.165) is 5.56 Å². The summed E-state index contributed by atoms with van der Waals surface area (Å²) in [7, 11) is 0. The fraction of sp³-hybridized carbons (Fsp3) is 0.222. The first-order valence-electron chi connectivity index (χ1n) is 7.20. The Labute approximate surface area is 133 Å². The molecule has 0 fully saturated rings. The molecular weight excluding hydrogens is 299 g/mol. The monoisotopic (exact) mass is 316 g/mol. The maximum Gasteiger partial charge on any atom is 0.338 e. The lowest BCUT2D eigenvalue weighted by molar-refractivity contribution is 0.0526. The first-order valence-corrected chi connectivity index (χ1v) is 7.20. The fourth-order valence-corrected chi connectivity index (χ4v) is 2.04. The van der Waals surface area contributed by atoms with E-state index < -0.39 is 11.8 Å². The van der Waals surface area contributed by atoms with Crippen LogP contribution in [0, 0.1) is 5.82 Å². The van der Waals surface area contributed by atoms with Crippen LogP contribution >= 0.6 is 0 Å². The van der Waals surface area contributed by atoms with Crippen molar-refractivity contribution in [3.63, 3.8) is 0 Å². The SMILES string of the molecule is CCOC(=O)c1cccc(COc2ccc(C(C)=O)c(F)c2)c1. The van der Waals surface area contributed by atoms with Gasteiger partial charge in [-0.15, -0.1) is 0 Å². The van der Waals surface area contributed by atoms with Crippen LogP contribution in [0.2, 0.25) is 0 Å². The van der Waals surface area contributed by atoms with Crippen molar-refractivity contribution < 1.29 is 23.5 Å². The molecule has 0 aliphatic rings. The second-order valence-corrected chi connectivity index (χ2v) is 4.91.